The molecule has 3 aliphatic rings. The van der Waals surface area contributed by atoms with Crippen LogP contribution >= 0.6 is 15.9 Å². The summed E-state index contributed by atoms with van der Waals surface area (Å²) in [7, 11) is 0. The topological polar surface area (TPSA) is 42.4 Å². The summed E-state index contributed by atoms with van der Waals surface area (Å²) in [5.74, 6) is 0.927. The fourth-order valence-electron chi connectivity index (χ4n) is 4.38. The fourth-order valence-corrected chi connectivity index (χ4v) is 4.82. The highest BCUT2D eigenvalue weighted by Crippen LogP contribution is 2.46. The zero-order valence-electron chi connectivity index (χ0n) is 13.6. The molecule has 4 rings (SSSR count). The predicted molar refractivity (Wildman–Crippen MR) is 91.6 cm³/mol. The molecule has 0 radical (unpaired) electrons. The third-order valence-corrected chi connectivity index (χ3v) is 6.19. The number of aromatic nitrogens is 1. The number of ether oxygens (including phenoxy) is 1. The van der Waals surface area contributed by atoms with Gasteiger partial charge in [0.2, 0.25) is 5.91 Å². The number of rotatable bonds is 4. The summed E-state index contributed by atoms with van der Waals surface area (Å²) in [5.41, 5.74) is -0.0460. The highest BCUT2D eigenvalue weighted by Gasteiger charge is 2.43. The molecule has 1 aromatic heterocycles. The molecule has 0 aromatic carbocycles. The average molecular weight is 397 g/mol. The lowest BCUT2D eigenvalue weighted by atomic mass is 9.96. The van der Waals surface area contributed by atoms with Gasteiger partial charge in [-0.25, -0.2) is 4.39 Å². The quantitative estimate of drug-likeness (QED) is 0.760. The van der Waals surface area contributed by atoms with Crippen molar-refractivity contribution in [2.24, 2.45) is 0 Å². The summed E-state index contributed by atoms with van der Waals surface area (Å²) in [6, 6.07) is 0.0436. The number of halogens is 2. The first-order valence-electron chi connectivity index (χ1n) is 8.84. The smallest absolute Gasteiger partial charge is 0.223 e. The summed E-state index contributed by atoms with van der Waals surface area (Å²) in [6.07, 6.45) is 9.25. The van der Waals surface area contributed by atoms with Crippen LogP contribution < -0.4 is 4.74 Å². The van der Waals surface area contributed by atoms with E-state index in [2.05, 4.69) is 20.9 Å². The Morgan fingerprint density at radius 3 is 3.00 bits per heavy atom. The molecule has 3 heterocycles. The van der Waals surface area contributed by atoms with E-state index in [9.17, 15) is 9.18 Å². The van der Waals surface area contributed by atoms with Crippen molar-refractivity contribution in [1.29, 1.82) is 0 Å². The molecule has 1 saturated heterocycles. The second-order valence-corrected chi connectivity index (χ2v) is 8.14. The molecular weight excluding hydrogens is 375 g/mol. The van der Waals surface area contributed by atoms with E-state index in [0.29, 0.717) is 38.6 Å². The van der Waals surface area contributed by atoms with Crippen molar-refractivity contribution in [3.05, 3.63) is 22.4 Å². The van der Waals surface area contributed by atoms with Crippen LogP contribution in [0, 0.1) is 0 Å². The molecular formula is C18H22BrFN2O2. The SMILES string of the molecule is O=C(CCCC1(F)CCCC1)N1C[C@@H]2C[C@H]1c1cncc(Br)c1O2. The minimum Gasteiger partial charge on any atom is -0.487 e. The number of hydrogen-bond acceptors (Lipinski definition) is 3. The molecule has 130 valence electrons. The van der Waals surface area contributed by atoms with Crippen LogP contribution in [0.15, 0.2) is 16.9 Å². The van der Waals surface area contributed by atoms with E-state index in [4.69, 9.17) is 4.74 Å². The van der Waals surface area contributed by atoms with Gasteiger partial charge in [0.05, 0.1) is 17.1 Å². The van der Waals surface area contributed by atoms with Gasteiger partial charge in [-0.15, -0.1) is 0 Å². The molecule has 4 nitrogen and oxygen atoms in total. The molecule has 24 heavy (non-hydrogen) atoms. The van der Waals surface area contributed by atoms with Crippen molar-refractivity contribution in [2.75, 3.05) is 6.54 Å². The van der Waals surface area contributed by atoms with E-state index >= 15 is 0 Å². The first-order valence-corrected chi connectivity index (χ1v) is 9.63. The van der Waals surface area contributed by atoms with Crippen LogP contribution in [-0.2, 0) is 4.79 Å². The Labute approximate surface area is 149 Å². The van der Waals surface area contributed by atoms with E-state index in [1.165, 1.54) is 0 Å². The standard InChI is InChI=1S/C18H22BrFN2O2/c19-14-10-21-9-13-15-8-12(24-17(13)14)11-22(15)16(23)4-3-7-18(20)5-1-2-6-18/h9-10,12,15H,1-8,11H2/t12-,15-/m0/s1. The molecule has 0 N–H and O–H groups in total. The van der Waals surface area contributed by atoms with Crippen molar-refractivity contribution >= 4 is 21.8 Å². The van der Waals surface area contributed by atoms with Gasteiger partial charge >= 0.3 is 0 Å². The highest BCUT2D eigenvalue weighted by atomic mass is 79.9. The average Bonchev–Trinajstić information content (AvgIpc) is 3.13. The number of hydrogen-bond donors (Lipinski definition) is 0. The normalized spacial score (nSPS) is 27.0. The monoisotopic (exact) mass is 396 g/mol. The highest BCUT2D eigenvalue weighted by molar-refractivity contribution is 9.10. The number of carbonyl (C=O) groups excluding carboxylic acids is 1. The van der Waals surface area contributed by atoms with Crippen LogP contribution in [0.2, 0.25) is 0 Å². The molecule has 1 aromatic rings. The molecule has 0 unspecified atom stereocenters. The molecule has 1 amide bonds. The summed E-state index contributed by atoms with van der Waals surface area (Å²) in [4.78, 5) is 18.8. The zero-order chi connectivity index (χ0) is 16.7. The Morgan fingerprint density at radius 1 is 1.42 bits per heavy atom. The summed E-state index contributed by atoms with van der Waals surface area (Å²) in [5, 5.41) is 0. The number of alkyl halides is 1. The summed E-state index contributed by atoms with van der Waals surface area (Å²) in [6.45, 7) is 0.616. The Kier molecular flexibility index (Phi) is 4.27. The van der Waals surface area contributed by atoms with Crippen molar-refractivity contribution < 1.29 is 13.9 Å². The van der Waals surface area contributed by atoms with Crippen LogP contribution in [0.25, 0.3) is 0 Å². The number of pyridine rings is 1. The van der Waals surface area contributed by atoms with Crippen molar-refractivity contribution in [3.8, 4) is 5.75 Å². The maximum absolute atomic E-state index is 14.4. The van der Waals surface area contributed by atoms with Crippen LogP contribution in [0.1, 0.15) is 63.0 Å². The van der Waals surface area contributed by atoms with Gasteiger partial charge in [0.1, 0.15) is 17.5 Å². The van der Waals surface area contributed by atoms with E-state index in [1.54, 1.807) is 12.4 Å². The first-order chi connectivity index (χ1) is 11.6. The molecule has 1 aliphatic carbocycles. The van der Waals surface area contributed by atoms with Gasteiger partial charge in [0.25, 0.3) is 0 Å². The lowest BCUT2D eigenvalue weighted by Gasteiger charge is -2.27. The van der Waals surface area contributed by atoms with Gasteiger partial charge in [-0.05, 0) is 41.6 Å². The largest absolute Gasteiger partial charge is 0.487 e. The van der Waals surface area contributed by atoms with Gasteiger partial charge in [-0.1, -0.05) is 12.8 Å². The van der Waals surface area contributed by atoms with Gasteiger partial charge in [0.15, 0.2) is 0 Å². The Balaban J connectivity index is 1.41. The van der Waals surface area contributed by atoms with Crippen LogP contribution in [0.3, 0.4) is 0 Å². The zero-order valence-corrected chi connectivity index (χ0v) is 15.2. The molecule has 6 heteroatoms. The summed E-state index contributed by atoms with van der Waals surface area (Å²) < 4.78 is 21.3. The lowest BCUT2D eigenvalue weighted by Crippen LogP contribution is -2.31. The number of fused-ring (bicyclic) bond motifs is 4. The number of likely N-dealkylation sites (tertiary alicyclic amines) is 1. The number of carbonyl (C=O) groups is 1. The van der Waals surface area contributed by atoms with Gasteiger partial charge in [-0.3, -0.25) is 9.78 Å². The number of amides is 1. The van der Waals surface area contributed by atoms with E-state index in [0.717, 1.165) is 35.0 Å². The molecule has 2 aliphatic heterocycles. The van der Waals surface area contributed by atoms with Crippen LogP contribution in [-0.4, -0.2) is 34.1 Å². The minimum atomic E-state index is -1.02. The van der Waals surface area contributed by atoms with Crippen molar-refractivity contribution in [2.45, 2.75) is 69.2 Å². The minimum absolute atomic E-state index is 0.0436. The maximum atomic E-state index is 14.4. The molecule has 1 saturated carbocycles. The van der Waals surface area contributed by atoms with Crippen molar-refractivity contribution in [1.82, 2.24) is 9.88 Å². The first kappa shape index (κ1) is 16.3. The van der Waals surface area contributed by atoms with Gasteiger partial charge in [0, 0.05) is 30.8 Å². The lowest BCUT2D eigenvalue weighted by molar-refractivity contribution is -0.132. The second-order valence-electron chi connectivity index (χ2n) is 7.29. The Morgan fingerprint density at radius 2 is 2.21 bits per heavy atom. The third kappa shape index (κ3) is 2.93. The maximum Gasteiger partial charge on any atom is 0.223 e. The fraction of sp³-hybridized carbons (Fsp3) is 0.667. The van der Waals surface area contributed by atoms with Crippen LogP contribution in [0.5, 0.6) is 5.75 Å². The van der Waals surface area contributed by atoms with Crippen molar-refractivity contribution in [3.63, 3.8) is 0 Å². The predicted octanol–water partition coefficient (Wildman–Crippen LogP) is 4.33. The molecule has 2 bridgehead atoms. The van der Waals surface area contributed by atoms with Crippen LogP contribution in [0.4, 0.5) is 4.39 Å². The Hall–Kier alpha value is -1.17. The second kappa shape index (κ2) is 6.28. The molecule has 2 atom stereocenters. The molecule has 0 spiro atoms. The summed E-state index contributed by atoms with van der Waals surface area (Å²) >= 11 is 3.47. The van der Waals surface area contributed by atoms with Gasteiger partial charge in [-0.2, -0.15) is 0 Å². The van der Waals surface area contributed by atoms with E-state index in [-0.39, 0.29) is 18.1 Å². The van der Waals surface area contributed by atoms with E-state index < -0.39 is 5.67 Å². The van der Waals surface area contributed by atoms with Gasteiger partial charge < -0.3 is 9.64 Å². The third-order valence-electron chi connectivity index (χ3n) is 5.62. The van der Waals surface area contributed by atoms with E-state index in [1.807, 2.05) is 4.90 Å². The number of nitrogens with zero attached hydrogens (tertiary/aromatic N) is 2. The molecule has 2 fully saturated rings. The Bertz CT molecular complexity index is 648.